The first-order valence-electron chi connectivity index (χ1n) is 15.1. The normalized spacial score (nSPS) is 37.7. The van der Waals surface area contributed by atoms with Crippen molar-refractivity contribution in [2.45, 2.75) is 93.3 Å². The number of hydrogen-bond donors (Lipinski definition) is 11. The third-order valence-corrected chi connectivity index (χ3v) is 8.72. The standard InChI is InChI=1S/C30H36N2O17/c1-10-20(35)22(37)24(39)29(46-10)49-25-23(38)21(36)19(9-33)48-30(25)47-18-8-15-12(7-17(18)34)6-16(28(44)45)32(15)3-2-11-4-13(26(40)41)31-14(5-11)27(42)43/h2-4,7-8,10,14,16,19-25,29-30,33,35-39H,5-6,9H2,1H3,(H4,34,40,41,42,43,44,45)/p+1/t10-,14+,16?,19+,20+,21+,22+,23-,24+,25+,29-,30-/m0/s1. The Bertz CT molecular complexity index is 1560. The average Bonchev–Trinajstić information content (AvgIpc) is 3.41. The predicted molar refractivity (Wildman–Crippen MR) is 158 cm³/mol. The van der Waals surface area contributed by atoms with E-state index < -0.39 is 104 Å². The highest BCUT2D eigenvalue weighted by Crippen LogP contribution is 2.41. The SMILES string of the molecule is C[C@@H]1O[C@@H](O[C@H]2[C@@H](Oc3cc4c(cc3O)CC(C(=O)O)[N+]4=C/C=C3/C=C(C(=O)O)N[C@@H](C(=O)O)C3)O[C@H](CO)[C@@H](O)[C@@H]2O)[C@H](O)[C@H](O)[C@@H]1O. The van der Waals surface area contributed by atoms with Crippen molar-refractivity contribution >= 4 is 29.8 Å². The van der Waals surface area contributed by atoms with Crippen LogP contribution >= 0.6 is 0 Å². The maximum Gasteiger partial charge on any atom is 0.373 e. The van der Waals surface area contributed by atoms with Crippen LogP contribution in [0.5, 0.6) is 11.5 Å². The predicted octanol–water partition coefficient (Wildman–Crippen LogP) is -3.51. The summed E-state index contributed by atoms with van der Waals surface area (Å²) in [5.74, 6) is -4.81. The van der Waals surface area contributed by atoms with Crippen molar-refractivity contribution in [1.29, 1.82) is 0 Å². The number of nitrogens with zero attached hydrogens (tertiary/aromatic N) is 1. The van der Waals surface area contributed by atoms with Crippen molar-refractivity contribution in [1.82, 2.24) is 5.32 Å². The van der Waals surface area contributed by atoms with Crippen LogP contribution in [0.15, 0.2) is 35.6 Å². The van der Waals surface area contributed by atoms with E-state index in [2.05, 4.69) is 5.32 Å². The second kappa shape index (κ2) is 14.4. The molecule has 0 amide bonds. The quantitative estimate of drug-likeness (QED) is 0.111. The van der Waals surface area contributed by atoms with Crippen molar-refractivity contribution in [3.05, 3.63) is 41.1 Å². The van der Waals surface area contributed by atoms with E-state index in [4.69, 9.17) is 18.9 Å². The Labute approximate surface area is 276 Å². The summed E-state index contributed by atoms with van der Waals surface area (Å²) in [5.41, 5.74) is 0.435. The molecule has 19 nitrogen and oxygen atoms in total. The van der Waals surface area contributed by atoms with E-state index in [1.54, 1.807) is 0 Å². The number of aliphatic hydroxyl groups excluding tert-OH is 6. The summed E-state index contributed by atoms with van der Waals surface area (Å²) in [6, 6.07) is -0.0138. The number of ether oxygens (including phenoxy) is 4. The number of aromatic hydroxyl groups is 1. The van der Waals surface area contributed by atoms with Crippen LogP contribution in [0.4, 0.5) is 5.69 Å². The number of phenols is 1. The monoisotopic (exact) mass is 697 g/mol. The lowest BCUT2D eigenvalue weighted by molar-refractivity contribution is -0.456. The molecule has 2 fully saturated rings. The van der Waals surface area contributed by atoms with Crippen LogP contribution in [0.2, 0.25) is 0 Å². The summed E-state index contributed by atoms with van der Waals surface area (Å²) in [7, 11) is 0. The molecule has 1 aromatic rings. The Morgan fingerprint density at radius 2 is 1.65 bits per heavy atom. The lowest BCUT2D eigenvalue weighted by Crippen LogP contribution is -2.64. The molecule has 1 unspecified atom stereocenters. The highest BCUT2D eigenvalue weighted by Gasteiger charge is 2.51. The fourth-order valence-corrected chi connectivity index (χ4v) is 5.99. The zero-order chi connectivity index (χ0) is 35.9. The van der Waals surface area contributed by atoms with Gasteiger partial charge in [0.25, 0.3) is 6.04 Å². The van der Waals surface area contributed by atoms with Crippen LogP contribution in [0.1, 0.15) is 18.9 Å². The van der Waals surface area contributed by atoms with E-state index >= 15 is 0 Å². The fourth-order valence-electron chi connectivity index (χ4n) is 5.99. The van der Waals surface area contributed by atoms with Gasteiger partial charge in [-0.25, -0.2) is 14.4 Å². The van der Waals surface area contributed by atoms with Gasteiger partial charge in [0.2, 0.25) is 12.0 Å². The molecule has 0 saturated carbocycles. The first kappa shape index (κ1) is 36.1. The van der Waals surface area contributed by atoms with E-state index in [1.165, 1.54) is 42.0 Å². The van der Waals surface area contributed by atoms with Crippen LogP contribution in [0.3, 0.4) is 0 Å². The maximum absolute atomic E-state index is 12.2. The van der Waals surface area contributed by atoms with Crippen LogP contribution in [0, 0.1) is 0 Å². The highest BCUT2D eigenvalue weighted by atomic mass is 16.8. The number of aliphatic carboxylic acids is 3. The summed E-state index contributed by atoms with van der Waals surface area (Å²) >= 11 is 0. The minimum absolute atomic E-state index is 0.0971. The number of allylic oxidation sites excluding steroid dienone is 2. The van der Waals surface area contributed by atoms with Crippen LogP contribution < -0.4 is 10.1 Å². The molecular weight excluding hydrogens is 660 g/mol. The van der Waals surface area contributed by atoms with Crippen LogP contribution in [-0.2, 0) is 35.0 Å². The molecule has 4 aliphatic heterocycles. The molecule has 12 atom stereocenters. The second-order valence-electron chi connectivity index (χ2n) is 12.0. The van der Waals surface area contributed by atoms with Gasteiger partial charge in [0, 0.05) is 18.1 Å². The number of carboxylic acids is 3. The summed E-state index contributed by atoms with van der Waals surface area (Å²) in [6.45, 7) is 0.594. The van der Waals surface area contributed by atoms with Gasteiger partial charge in [-0.1, -0.05) is 0 Å². The molecule has 268 valence electrons. The number of carbonyl (C=O) groups is 3. The molecule has 0 bridgehead atoms. The van der Waals surface area contributed by atoms with E-state index in [0.29, 0.717) is 5.56 Å². The first-order valence-corrected chi connectivity index (χ1v) is 15.1. The lowest BCUT2D eigenvalue weighted by atomic mass is 9.97. The number of nitrogens with one attached hydrogen (secondary N) is 1. The van der Waals surface area contributed by atoms with E-state index in [-0.39, 0.29) is 35.5 Å². The van der Waals surface area contributed by atoms with Crippen molar-refractivity contribution in [2.24, 2.45) is 0 Å². The summed E-state index contributed by atoms with van der Waals surface area (Å²) in [4.78, 5) is 35.4. The van der Waals surface area contributed by atoms with Crippen LogP contribution in [-0.4, -0.2) is 160 Å². The van der Waals surface area contributed by atoms with Gasteiger partial charge in [-0.15, -0.1) is 0 Å². The van der Waals surface area contributed by atoms with Gasteiger partial charge in [0.05, 0.1) is 25.2 Å². The number of hydrogen-bond acceptors (Lipinski definition) is 15. The third-order valence-electron chi connectivity index (χ3n) is 8.72. The zero-order valence-electron chi connectivity index (χ0n) is 25.7. The van der Waals surface area contributed by atoms with E-state index in [9.17, 15) is 65.4 Å². The van der Waals surface area contributed by atoms with Crippen molar-refractivity contribution in [3.63, 3.8) is 0 Å². The molecule has 0 spiro atoms. The lowest BCUT2D eigenvalue weighted by Gasteiger charge is -2.45. The number of benzene rings is 1. The van der Waals surface area contributed by atoms with Gasteiger partial charge in [0.1, 0.15) is 48.4 Å². The molecule has 0 aliphatic carbocycles. The van der Waals surface area contributed by atoms with Crippen LogP contribution in [0.25, 0.3) is 0 Å². The Kier molecular flexibility index (Phi) is 10.6. The molecule has 4 heterocycles. The fraction of sp³-hybridized carbons (Fsp3) is 0.533. The number of fused-ring (bicyclic) bond motifs is 1. The van der Waals surface area contributed by atoms with Gasteiger partial charge < -0.3 is 75.3 Å². The van der Waals surface area contributed by atoms with Gasteiger partial charge in [-0.2, -0.15) is 4.58 Å². The number of phenolic OH excluding ortho intramolecular Hbond substituents is 1. The Morgan fingerprint density at radius 3 is 2.29 bits per heavy atom. The van der Waals surface area contributed by atoms with Gasteiger partial charge in [-0.05, 0) is 24.6 Å². The summed E-state index contributed by atoms with van der Waals surface area (Å²) in [6.07, 6.45) is -12.5. The number of carboxylic acid groups (broad SMARTS) is 3. The maximum atomic E-state index is 12.2. The minimum Gasteiger partial charge on any atom is -0.504 e. The molecule has 5 rings (SSSR count). The second-order valence-corrected chi connectivity index (χ2v) is 12.0. The Hall–Kier alpha value is -4.18. The molecule has 4 aliphatic rings. The molecule has 49 heavy (non-hydrogen) atoms. The average molecular weight is 698 g/mol. The van der Waals surface area contributed by atoms with Crippen molar-refractivity contribution in [3.8, 4) is 11.5 Å². The highest BCUT2D eigenvalue weighted by molar-refractivity contribution is 5.89. The molecule has 11 N–H and O–H groups in total. The molecule has 1 aromatic carbocycles. The molecule has 0 radical (unpaired) electrons. The Morgan fingerprint density at radius 1 is 0.939 bits per heavy atom. The van der Waals surface area contributed by atoms with E-state index in [0.717, 1.165) is 0 Å². The summed E-state index contributed by atoms with van der Waals surface area (Å²) in [5, 5.41) is 104. The molecular formula is C30H37N2O17+. The number of rotatable bonds is 9. The third kappa shape index (κ3) is 7.25. The number of aliphatic hydroxyl groups is 6. The molecule has 2 saturated heterocycles. The summed E-state index contributed by atoms with van der Waals surface area (Å²) < 4.78 is 23.9. The Balaban J connectivity index is 1.48. The van der Waals surface area contributed by atoms with Gasteiger partial charge in [-0.3, -0.25) is 0 Å². The van der Waals surface area contributed by atoms with E-state index in [1.807, 2.05) is 0 Å². The minimum atomic E-state index is -1.85. The molecule has 19 heteroatoms. The van der Waals surface area contributed by atoms with Gasteiger partial charge in [0.15, 0.2) is 30.1 Å². The molecule has 0 aromatic heterocycles. The van der Waals surface area contributed by atoms with Gasteiger partial charge >= 0.3 is 17.9 Å². The smallest absolute Gasteiger partial charge is 0.373 e. The van der Waals surface area contributed by atoms with Crippen molar-refractivity contribution in [2.75, 3.05) is 6.61 Å². The topological polar surface area (TPSA) is 305 Å². The zero-order valence-corrected chi connectivity index (χ0v) is 25.7. The first-order chi connectivity index (χ1) is 23.1. The van der Waals surface area contributed by atoms with Crippen molar-refractivity contribution < 1.29 is 89.0 Å². The largest absolute Gasteiger partial charge is 0.504 e.